The molecule has 0 rings (SSSR count). The summed E-state index contributed by atoms with van der Waals surface area (Å²) in [5, 5.41) is 8.81. The van der Waals surface area contributed by atoms with Crippen molar-refractivity contribution in [1.82, 2.24) is 4.90 Å². The monoisotopic (exact) mass is 874 g/mol. The average Bonchev–Trinajstić information content (AvgIpc) is 3.25. The number of aliphatic hydroxyl groups excluding tert-OH is 1. The molecule has 11 nitrogen and oxygen atoms in total. The molecule has 2 unspecified atom stereocenters. The number of carbonyl (C=O) groups is 2. The fourth-order valence-corrected chi connectivity index (χ4v) is 7.44. The molecule has 364 valence electrons. The molecule has 0 bridgehead atoms. The van der Waals surface area contributed by atoms with Gasteiger partial charge in [0.2, 0.25) is 0 Å². The molecular weight excluding hydrogens is 775 g/mol. The molecule has 61 heavy (non-hydrogen) atoms. The van der Waals surface area contributed by atoms with E-state index in [0.717, 1.165) is 110 Å². The Kier molecular flexibility index (Phi) is 48.0. The van der Waals surface area contributed by atoms with Crippen molar-refractivity contribution >= 4 is 12.3 Å². The molecule has 0 aromatic rings. The first-order valence-electron chi connectivity index (χ1n) is 25.7. The Morgan fingerprint density at radius 1 is 0.377 bits per heavy atom. The number of nitrogens with zero attached hydrogens (tertiary/aromatic N) is 1. The Hall–Kier alpha value is -1.66. The van der Waals surface area contributed by atoms with Gasteiger partial charge in [-0.05, 0) is 103 Å². The van der Waals surface area contributed by atoms with Gasteiger partial charge in [0.15, 0.2) is 0 Å². The van der Waals surface area contributed by atoms with Crippen LogP contribution in [0.3, 0.4) is 0 Å². The third-order valence-corrected chi connectivity index (χ3v) is 11.3. The zero-order valence-electron chi connectivity index (χ0n) is 40.4. The molecule has 0 aromatic heterocycles. The third-order valence-electron chi connectivity index (χ3n) is 11.3. The van der Waals surface area contributed by atoms with E-state index in [9.17, 15) is 9.59 Å². The fraction of sp³-hybridized carbons (Fsp3) is 0.960. The minimum atomic E-state index is -0.514. The van der Waals surface area contributed by atoms with Crippen LogP contribution in [-0.4, -0.2) is 114 Å². The van der Waals surface area contributed by atoms with Crippen LogP contribution in [0.5, 0.6) is 0 Å². The van der Waals surface area contributed by atoms with Gasteiger partial charge >= 0.3 is 12.3 Å². The first-order chi connectivity index (χ1) is 30.0. The maximum atomic E-state index is 12.6. The smallest absolute Gasteiger partial charge is 0.434 e. The Morgan fingerprint density at radius 2 is 0.705 bits per heavy atom. The lowest BCUT2D eigenvalue weighted by Gasteiger charge is -2.22. The highest BCUT2D eigenvalue weighted by Gasteiger charge is 2.17. The molecule has 0 aromatic carbocycles. The molecule has 0 saturated carbocycles. The summed E-state index contributed by atoms with van der Waals surface area (Å²) in [7, 11) is 0. The van der Waals surface area contributed by atoms with Crippen molar-refractivity contribution in [2.75, 3.05) is 79.1 Å². The molecule has 0 spiro atoms. The molecule has 0 heterocycles. The van der Waals surface area contributed by atoms with E-state index in [0.29, 0.717) is 52.9 Å². The molecule has 2 atom stereocenters. The number of unbranched alkanes of at least 4 members (excludes halogenated alkanes) is 20. The summed E-state index contributed by atoms with van der Waals surface area (Å²) in [6.07, 6.45) is 32.4. The van der Waals surface area contributed by atoms with Gasteiger partial charge in [-0.2, -0.15) is 0 Å². The molecule has 0 radical (unpaired) electrons. The summed E-state index contributed by atoms with van der Waals surface area (Å²) < 4.78 is 39.3. The largest absolute Gasteiger partial charge is 0.508 e. The van der Waals surface area contributed by atoms with Gasteiger partial charge in [0.05, 0.1) is 59.5 Å². The number of hydrogen-bond acceptors (Lipinski definition) is 11. The Balaban J connectivity index is 4.67. The van der Waals surface area contributed by atoms with Crippen molar-refractivity contribution in [2.24, 2.45) is 0 Å². The Labute approximate surface area is 375 Å². The zero-order chi connectivity index (χ0) is 44.5. The van der Waals surface area contributed by atoms with Crippen molar-refractivity contribution in [3.8, 4) is 0 Å². The quantitative estimate of drug-likeness (QED) is 0.0464. The number of hydrogen-bond donors (Lipinski definition) is 1. The number of ether oxygens (including phenoxy) is 7. The fourth-order valence-electron chi connectivity index (χ4n) is 7.44. The maximum Gasteiger partial charge on any atom is 0.508 e. The summed E-state index contributed by atoms with van der Waals surface area (Å²) in [4.78, 5) is 27.7. The summed E-state index contributed by atoms with van der Waals surface area (Å²) in [5.74, 6) is 0. The summed E-state index contributed by atoms with van der Waals surface area (Å²) in [5.41, 5.74) is 0. The lowest BCUT2D eigenvalue weighted by Crippen LogP contribution is -2.30. The molecule has 0 saturated heterocycles. The maximum absolute atomic E-state index is 12.6. The van der Waals surface area contributed by atoms with Crippen molar-refractivity contribution in [1.29, 1.82) is 0 Å². The molecular formula is C50H99NO10. The Morgan fingerprint density at radius 3 is 1.10 bits per heavy atom. The highest BCUT2D eigenvalue weighted by molar-refractivity contribution is 5.60. The second-order valence-corrected chi connectivity index (χ2v) is 17.0. The molecule has 11 heteroatoms. The van der Waals surface area contributed by atoms with E-state index >= 15 is 0 Å². The van der Waals surface area contributed by atoms with E-state index in [-0.39, 0.29) is 18.8 Å². The van der Waals surface area contributed by atoms with E-state index < -0.39 is 12.3 Å². The second-order valence-electron chi connectivity index (χ2n) is 17.0. The normalized spacial score (nSPS) is 12.5. The lowest BCUT2D eigenvalue weighted by molar-refractivity contribution is 0.00436. The minimum absolute atomic E-state index is 0.0165. The zero-order valence-corrected chi connectivity index (χ0v) is 40.4. The van der Waals surface area contributed by atoms with E-state index in [1.807, 2.05) is 0 Å². The molecule has 0 amide bonds. The van der Waals surface area contributed by atoms with Gasteiger partial charge in [-0.1, -0.05) is 130 Å². The molecule has 0 aliphatic carbocycles. The topological polar surface area (TPSA) is 122 Å². The van der Waals surface area contributed by atoms with Crippen LogP contribution in [0.4, 0.5) is 9.59 Å². The van der Waals surface area contributed by atoms with Gasteiger partial charge < -0.3 is 43.2 Å². The van der Waals surface area contributed by atoms with Gasteiger partial charge in [0.25, 0.3) is 0 Å². The van der Waals surface area contributed by atoms with Crippen LogP contribution in [0.25, 0.3) is 0 Å². The first kappa shape index (κ1) is 59.3. The van der Waals surface area contributed by atoms with Crippen LogP contribution in [0.15, 0.2) is 0 Å². The summed E-state index contributed by atoms with van der Waals surface area (Å²) >= 11 is 0. The number of rotatable bonds is 49. The van der Waals surface area contributed by atoms with Crippen LogP contribution in [0, 0.1) is 0 Å². The highest BCUT2D eigenvalue weighted by Crippen LogP contribution is 2.19. The van der Waals surface area contributed by atoms with Gasteiger partial charge in [0, 0.05) is 6.54 Å². The molecule has 1 N–H and O–H groups in total. The van der Waals surface area contributed by atoms with Crippen molar-refractivity contribution < 1.29 is 47.9 Å². The van der Waals surface area contributed by atoms with E-state index in [2.05, 4.69) is 32.6 Å². The van der Waals surface area contributed by atoms with Crippen molar-refractivity contribution in [2.45, 2.75) is 233 Å². The molecule has 0 aliphatic rings. The standard InChI is InChI=1S/C50H99NO10/c1-5-9-13-17-19-25-33-47(31-23-15-11-7-3)60-49(53)58-39-29-21-27-35-51(37-41-55-43-45-57-46-44-56-42-38-52)36-28-22-30-40-59-50(54)61-48(32-24-16-12-8-4)34-26-20-18-14-10-6-2/h47-48,52H,5-46H2,1-4H3. The summed E-state index contributed by atoms with van der Waals surface area (Å²) in [6, 6.07) is 0. The minimum Gasteiger partial charge on any atom is -0.434 e. The van der Waals surface area contributed by atoms with Crippen LogP contribution >= 0.6 is 0 Å². The van der Waals surface area contributed by atoms with Gasteiger partial charge in [0.1, 0.15) is 12.2 Å². The van der Waals surface area contributed by atoms with Crippen LogP contribution in [-0.2, 0) is 33.2 Å². The highest BCUT2D eigenvalue weighted by atomic mass is 16.7. The summed E-state index contributed by atoms with van der Waals surface area (Å²) in [6.45, 7) is 15.3. The predicted molar refractivity (Wildman–Crippen MR) is 250 cm³/mol. The third kappa shape index (κ3) is 44.7. The van der Waals surface area contributed by atoms with Gasteiger partial charge in [-0.15, -0.1) is 0 Å². The van der Waals surface area contributed by atoms with E-state index in [4.69, 9.17) is 38.3 Å². The van der Waals surface area contributed by atoms with Crippen molar-refractivity contribution in [3.05, 3.63) is 0 Å². The van der Waals surface area contributed by atoms with E-state index in [1.165, 1.54) is 103 Å². The second kappa shape index (κ2) is 49.4. The van der Waals surface area contributed by atoms with E-state index in [1.54, 1.807) is 0 Å². The average molecular weight is 874 g/mol. The van der Waals surface area contributed by atoms with Gasteiger partial charge in [-0.25, -0.2) is 9.59 Å². The van der Waals surface area contributed by atoms with Crippen LogP contribution in [0.1, 0.15) is 220 Å². The van der Waals surface area contributed by atoms with Crippen LogP contribution in [0.2, 0.25) is 0 Å². The van der Waals surface area contributed by atoms with Crippen molar-refractivity contribution in [3.63, 3.8) is 0 Å². The predicted octanol–water partition coefficient (Wildman–Crippen LogP) is 13.2. The molecule has 0 aliphatic heterocycles. The SMILES string of the molecule is CCCCCCCCC(CCCCCC)OC(=O)OCCCCCN(CCCCCOC(=O)OC(CCCCCC)CCCCCCCC)CCOCCOCCOCCO. The Bertz CT molecular complexity index is 838. The first-order valence-corrected chi connectivity index (χ1v) is 25.7. The van der Waals surface area contributed by atoms with Crippen LogP contribution < -0.4 is 0 Å². The number of carbonyl (C=O) groups excluding carboxylic acids is 2. The number of aliphatic hydroxyl groups is 1. The van der Waals surface area contributed by atoms with Gasteiger partial charge in [-0.3, -0.25) is 0 Å². The molecule has 0 fully saturated rings. The lowest BCUT2D eigenvalue weighted by atomic mass is 10.0.